The van der Waals surface area contributed by atoms with E-state index in [0.717, 1.165) is 12.2 Å². The van der Waals surface area contributed by atoms with Crippen LogP contribution in [-0.2, 0) is 0 Å². The highest BCUT2D eigenvalue weighted by Crippen LogP contribution is 2.26. The highest BCUT2D eigenvalue weighted by molar-refractivity contribution is 6.32. The molecule has 1 saturated heterocycles. The lowest BCUT2D eigenvalue weighted by Gasteiger charge is -2.32. The SMILES string of the molecule is CN1CCCCC1CNc1ccc(O)c(Cl)c1. The lowest BCUT2D eigenvalue weighted by atomic mass is 10.0. The van der Waals surface area contributed by atoms with Crippen molar-refractivity contribution in [2.45, 2.75) is 25.3 Å². The van der Waals surface area contributed by atoms with Crippen molar-refractivity contribution < 1.29 is 5.11 Å². The monoisotopic (exact) mass is 254 g/mol. The van der Waals surface area contributed by atoms with Crippen molar-refractivity contribution in [2.75, 3.05) is 25.5 Å². The molecular weight excluding hydrogens is 236 g/mol. The maximum atomic E-state index is 9.33. The first-order chi connectivity index (χ1) is 8.16. The number of phenolic OH excluding ortho intramolecular Hbond substituents is 1. The minimum Gasteiger partial charge on any atom is -0.506 e. The van der Waals surface area contributed by atoms with E-state index >= 15 is 0 Å². The Hall–Kier alpha value is -0.930. The van der Waals surface area contributed by atoms with Gasteiger partial charge in [-0.25, -0.2) is 0 Å². The predicted octanol–water partition coefficient (Wildman–Crippen LogP) is 2.94. The Labute approximate surface area is 107 Å². The number of aromatic hydroxyl groups is 1. The lowest BCUT2D eigenvalue weighted by Crippen LogP contribution is -2.40. The van der Waals surface area contributed by atoms with E-state index < -0.39 is 0 Å². The Morgan fingerprint density at radius 1 is 1.47 bits per heavy atom. The summed E-state index contributed by atoms with van der Waals surface area (Å²) in [6, 6.07) is 5.83. The maximum Gasteiger partial charge on any atom is 0.134 e. The summed E-state index contributed by atoms with van der Waals surface area (Å²) in [6.07, 6.45) is 3.86. The number of phenols is 1. The van der Waals surface area contributed by atoms with E-state index in [2.05, 4.69) is 17.3 Å². The maximum absolute atomic E-state index is 9.33. The summed E-state index contributed by atoms with van der Waals surface area (Å²) in [7, 11) is 2.18. The molecule has 1 aliphatic heterocycles. The van der Waals surface area contributed by atoms with E-state index in [4.69, 9.17) is 11.6 Å². The van der Waals surface area contributed by atoms with Crippen LogP contribution in [0.1, 0.15) is 19.3 Å². The molecule has 1 aromatic carbocycles. The highest BCUT2D eigenvalue weighted by Gasteiger charge is 2.18. The number of rotatable bonds is 3. The third-order valence-electron chi connectivity index (χ3n) is 3.41. The fraction of sp³-hybridized carbons (Fsp3) is 0.538. The first-order valence-electron chi connectivity index (χ1n) is 6.09. The van der Waals surface area contributed by atoms with Gasteiger partial charge in [0.2, 0.25) is 0 Å². The molecule has 17 heavy (non-hydrogen) atoms. The fourth-order valence-corrected chi connectivity index (χ4v) is 2.44. The van der Waals surface area contributed by atoms with Crippen molar-refractivity contribution in [3.63, 3.8) is 0 Å². The van der Waals surface area contributed by atoms with Gasteiger partial charge >= 0.3 is 0 Å². The molecule has 2 rings (SSSR count). The molecule has 3 nitrogen and oxygen atoms in total. The van der Waals surface area contributed by atoms with Crippen molar-refractivity contribution >= 4 is 17.3 Å². The zero-order valence-electron chi connectivity index (χ0n) is 10.1. The molecule has 0 saturated carbocycles. The van der Waals surface area contributed by atoms with E-state index in [1.54, 1.807) is 12.1 Å². The van der Waals surface area contributed by atoms with Crippen LogP contribution in [0.4, 0.5) is 5.69 Å². The molecule has 1 aliphatic rings. The van der Waals surface area contributed by atoms with Gasteiger partial charge in [-0.05, 0) is 44.6 Å². The smallest absolute Gasteiger partial charge is 0.134 e. The molecular formula is C13H19ClN2O. The van der Waals surface area contributed by atoms with Crippen LogP contribution in [-0.4, -0.2) is 36.2 Å². The van der Waals surface area contributed by atoms with Crippen molar-refractivity contribution in [3.05, 3.63) is 23.2 Å². The molecule has 0 amide bonds. The van der Waals surface area contributed by atoms with E-state index in [1.165, 1.54) is 25.8 Å². The Balaban J connectivity index is 1.90. The standard InChI is InChI=1S/C13H19ClN2O/c1-16-7-3-2-4-11(16)9-15-10-5-6-13(17)12(14)8-10/h5-6,8,11,15,17H,2-4,7,9H2,1H3. The van der Waals surface area contributed by atoms with Crippen LogP contribution >= 0.6 is 11.6 Å². The van der Waals surface area contributed by atoms with Crippen LogP contribution in [0, 0.1) is 0 Å². The molecule has 94 valence electrons. The Morgan fingerprint density at radius 2 is 2.29 bits per heavy atom. The van der Waals surface area contributed by atoms with Gasteiger partial charge in [-0.15, -0.1) is 0 Å². The number of likely N-dealkylation sites (tertiary alicyclic amines) is 1. The normalized spacial score (nSPS) is 21.4. The predicted molar refractivity (Wildman–Crippen MR) is 71.9 cm³/mol. The molecule has 4 heteroatoms. The van der Waals surface area contributed by atoms with Crippen molar-refractivity contribution in [2.24, 2.45) is 0 Å². The number of anilines is 1. The summed E-state index contributed by atoms with van der Waals surface area (Å²) in [4.78, 5) is 2.40. The molecule has 0 bridgehead atoms. The van der Waals surface area contributed by atoms with Crippen LogP contribution in [0.2, 0.25) is 5.02 Å². The van der Waals surface area contributed by atoms with Gasteiger partial charge in [-0.3, -0.25) is 0 Å². The zero-order valence-corrected chi connectivity index (χ0v) is 10.9. The Morgan fingerprint density at radius 3 is 3.00 bits per heavy atom. The van der Waals surface area contributed by atoms with Gasteiger partial charge in [0.15, 0.2) is 0 Å². The number of likely N-dealkylation sites (N-methyl/N-ethyl adjacent to an activating group) is 1. The van der Waals surface area contributed by atoms with Crippen LogP contribution < -0.4 is 5.32 Å². The minimum absolute atomic E-state index is 0.131. The van der Waals surface area contributed by atoms with Gasteiger partial charge in [-0.2, -0.15) is 0 Å². The van der Waals surface area contributed by atoms with E-state index in [1.807, 2.05) is 6.07 Å². The zero-order chi connectivity index (χ0) is 12.3. The lowest BCUT2D eigenvalue weighted by molar-refractivity contribution is 0.194. The molecule has 1 atom stereocenters. The number of hydrogen-bond acceptors (Lipinski definition) is 3. The quantitative estimate of drug-likeness (QED) is 0.815. The topological polar surface area (TPSA) is 35.5 Å². The van der Waals surface area contributed by atoms with Crippen LogP contribution in [0.5, 0.6) is 5.75 Å². The summed E-state index contributed by atoms with van der Waals surface area (Å²) in [6.45, 7) is 2.11. The minimum atomic E-state index is 0.131. The fourth-order valence-electron chi connectivity index (χ4n) is 2.25. The first kappa shape index (κ1) is 12.5. The second-order valence-corrected chi connectivity index (χ2v) is 5.08. The summed E-state index contributed by atoms with van der Waals surface area (Å²) < 4.78 is 0. The van der Waals surface area contributed by atoms with Gasteiger partial charge in [0.1, 0.15) is 5.75 Å². The first-order valence-corrected chi connectivity index (χ1v) is 6.47. The summed E-state index contributed by atoms with van der Waals surface area (Å²) in [5.74, 6) is 0.131. The van der Waals surface area contributed by atoms with E-state index in [9.17, 15) is 5.11 Å². The molecule has 1 unspecified atom stereocenters. The largest absolute Gasteiger partial charge is 0.506 e. The van der Waals surface area contributed by atoms with Crippen LogP contribution in [0.25, 0.3) is 0 Å². The third kappa shape index (κ3) is 3.27. The van der Waals surface area contributed by atoms with E-state index in [0.29, 0.717) is 11.1 Å². The average molecular weight is 255 g/mol. The second-order valence-electron chi connectivity index (χ2n) is 4.68. The second kappa shape index (κ2) is 5.61. The number of piperidine rings is 1. The number of nitrogens with zero attached hydrogens (tertiary/aromatic N) is 1. The third-order valence-corrected chi connectivity index (χ3v) is 3.71. The summed E-state index contributed by atoms with van der Waals surface area (Å²) in [5, 5.41) is 13.1. The molecule has 1 heterocycles. The molecule has 0 aliphatic carbocycles. The van der Waals surface area contributed by atoms with Gasteiger partial charge in [-0.1, -0.05) is 18.0 Å². The van der Waals surface area contributed by atoms with Gasteiger partial charge in [0.05, 0.1) is 5.02 Å². The highest BCUT2D eigenvalue weighted by atomic mass is 35.5. The molecule has 2 N–H and O–H groups in total. The summed E-state index contributed by atoms with van der Waals surface area (Å²) in [5.41, 5.74) is 0.965. The molecule has 1 aromatic rings. The van der Waals surface area contributed by atoms with Gasteiger partial charge in [0.25, 0.3) is 0 Å². The molecule has 1 fully saturated rings. The molecule has 0 spiro atoms. The van der Waals surface area contributed by atoms with E-state index in [-0.39, 0.29) is 5.75 Å². The Kier molecular flexibility index (Phi) is 4.13. The average Bonchev–Trinajstić information content (AvgIpc) is 2.32. The van der Waals surface area contributed by atoms with Crippen molar-refractivity contribution in [1.29, 1.82) is 0 Å². The molecule has 0 aromatic heterocycles. The molecule has 0 radical (unpaired) electrons. The number of hydrogen-bond donors (Lipinski definition) is 2. The summed E-state index contributed by atoms with van der Waals surface area (Å²) >= 11 is 5.86. The number of halogens is 1. The number of benzene rings is 1. The van der Waals surface area contributed by atoms with Crippen LogP contribution in [0.15, 0.2) is 18.2 Å². The van der Waals surface area contributed by atoms with Gasteiger partial charge < -0.3 is 15.3 Å². The van der Waals surface area contributed by atoms with Gasteiger partial charge in [0, 0.05) is 18.3 Å². The van der Waals surface area contributed by atoms with Crippen molar-refractivity contribution in [1.82, 2.24) is 4.90 Å². The van der Waals surface area contributed by atoms with Crippen LogP contribution in [0.3, 0.4) is 0 Å². The Bertz CT molecular complexity index is 384. The number of nitrogens with one attached hydrogen (secondary N) is 1. The van der Waals surface area contributed by atoms with Crippen molar-refractivity contribution in [3.8, 4) is 5.75 Å².